The maximum absolute atomic E-state index is 5.77. The lowest BCUT2D eigenvalue weighted by Gasteiger charge is -2.33. The smallest absolute Gasteiger partial charge is 0.120 e. The van der Waals surface area contributed by atoms with Gasteiger partial charge in [0.05, 0.1) is 19.3 Å². The van der Waals surface area contributed by atoms with Crippen LogP contribution in [-0.2, 0) is 11.3 Å². The molecule has 5 nitrogen and oxygen atoms in total. The van der Waals surface area contributed by atoms with E-state index in [4.69, 9.17) is 4.74 Å². The predicted octanol–water partition coefficient (Wildman–Crippen LogP) is 0.362. The second-order valence-electron chi connectivity index (χ2n) is 4.89. The normalized spacial score (nSPS) is 26.2. The van der Waals surface area contributed by atoms with Crippen LogP contribution in [0.15, 0.2) is 12.4 Å². The molecule has 1 saturated carbocycles. The Balaban J connectivity index is 1.39. The lowest BCUT2D eigenvalue weighted by Crippen LogP contribution is -2.47. The van der Waals surface area contributed by atoms with Crippen LogP contribution in [0.3, 0.4) is 0 Å². The summed E-state index contributed by atoms with van der Waals surface area (Å²) in [5, 5.41) is 3.39. The maximum Gasteiger partial charge on any atom is 0.120 e. The first-order valence-corrected chi connectivity index (χ1v) is 6.46. The second kappa shape index (κ2) is 5.16. The maximum atomic E-state index is 5.77. The van der Waals surface area contributed by atoms with Gasteiger partial charge in [-0.05, 0) is 12.8 Å². The second-order valence-corrected chi connectivity index (χ2v) is 4.89. The molecule has 1 atom stereocenters. The Bertz CT molecular complexity index is 336. The number of aromatic amines is 1. The van der Waals surface area contributed by atoms with Gasteiger partial charge in [-0.1, -0.05) is 0 Å². The van der Waals surface area contributed by atoms with Crippen LogP contribution in [0.2, 0.25) is 0 Å². The summed E-state index contributed by atoms with van der Waals surface area (Å²) in [6, 6.07) is 0.853. The molecular weight excluding hydrogens is 216 g/mol. The third-order valence-corrected chi connectivity index (χ3v) is 3.45. The number of imidazole rings is 1. The molecule has 2 heterocycles. The SMILES string of the molecule is c1c[nH]c(CNC[C@H]2CN(C3CC3)CCO2)n1. The van der Waals surface area contributed by atoms with Gasteiger partial charge in [-0.15, -0.1) is 0 Å². The van der Waals surface area contributed by atoms with Crippen molar-refractivity contribution in [3.05, 3.63) is 18.2 Å². The molecule has 2 N–H and O–H groups in total. The highest BCUT2D eigenvalue weighted by atomic mass is 16.5. The van der Waals surface area contributed by atoms with Crippen molar-refractivity contribution in [1.29, 1.82) is 0 Å². The third kappa shape index (κ3) is 3.06. The number of aromatic nitrogens is 2. The fraction of sp³-hybridized carbons (Fsp3) is 0.750. The Labute approximate surface area is 102 Å². The van der Waals surface area contributed by atoms with Crippen LogP contribution in [0.1, 0.15) is 18.7 Å². The van der Waals surface area contributed by atoms with Crippen molar-refractivity contribution >= 4 is 0 Å². The number of ether oxygens (including phenoxy) is 1. The molecule has 2 fully saturated rings. The van der Waals surface area contributed by atoms with Crippen molar-refractivity contribution < 1.29 is 4.74 Å². The minimum atomic E-state index is 0.333. The topological polar surface area (TPSA) is 53.2 Å². The number of hydrogen-bond donors (Lipinski definition) is 2. The van der Waals surface area contributed by atoms with Gasteiger partial charge >= 0.3 is 0 Å². The molecule has 0 aromatic carbocycles. The Hall–Kier alpha value is -0.910. The molecule has 0 radical (unpaired) electrons. The highest BCUT2D eigenvalue weighted by molar-refractivity contribution is 4.89. The fourth-order valence-corrected chi connectivity index (χ4v) is 2.38. The zero-order valence-electron chi connectivity index (χ0n) is 10.1. The van der Waals surface area contributed by atoms with Gasteiger partial charge in [-0.2, -0.15) is 0 Å². The van der Waals surface area contributed by atoms with Gasteiger partial charge in [-0.3, -0.25) is 4.90 Å². The van der Waals surface area contributed by atoms with Gasteiger partial charge < -0.3 is 15.0 Å². The van der Waals surface area contributed by atoms with Crippen molar-refractivity contribution in [3.63, 3.8) is 0 Å². The Morgan fingerprint density at radius 1 is 1.53 bits per heavy atom. The quantitative estimate of drug-likeness (QED) is 0.775. The largest absolute Gasteiger partial charge is 0.374 e. The number of morpholine rings is 1. The molecule has 0 spiro atoms. The number of nitrogens with one attached hydrogen (secondary N) is 2. The molecule has 2 aliphatic rings. The zero-order chi connectivity index (χ0) is 11.5. The van der Waals surface area contributed by atoms with E-state index in [2.05, 4.69) is 20.2 Å². The summed E-state index contributed by atoms with van der Waals surface area (Å²) in [4.78, 5) is 9.84. The molecule has 1 aliphatic heterocycles. The van der Waals surface area contributed by atoms with Crippen molar-refractivity contribution in [2.24, 2.45) is 0 Å². The van der Waals surface area contributed by atoms with E-state index < -0.39 is 0 Å². The van der Waals surface area contributed by atoms with Gasteiger partial charge in [-0.25, -0.2) is 4.98 Å². The van der Waals surface area contributed by atoms with Gasteiger partial charge in [0.25, 0.3) is 0 Å². The van der Waals surface area contributed by atoms with Gasteiger partial charge in [0, 0.05) is 38.1 Å². The summed E-state index contributed by atoms with van der Waals surface area (Å²) in [5.41, 5.74) is 0. The summed E-state index contributed by atoms with van der Waals surface area (Å²) in [6.07, 6.45) is 6.73. The number of H-pyrrole nitrogens is 1. The molecule has 0 unspecified atom stereocenters. The lowest BCUT2D eigenvalue weighted by molar-refractivity contribution is -0.0302. The van der Waals surface area contributed by atoms with Crippen LogP contribution in [0.5, 0.6) is 0 Å². The average molecular weight is 236 g/mol. The summed E-state index contributed by atoms with van der Waals surface area (Å²) < 4.78 is 5.77. The average Bonchev–Trinajstić information content (AvgIpc) is 3.09. The first-order chi connectivity index (χ1) is 8.42. The highest BCUT2D eigenvalue weighted by Gasteiger charge is 2.32. The molecule has 3 rings (SSSR count). The number of rotatable bonds is 5. The van der Waals surface area contributed by atoms with Gasteiger partial charge in [0.15, 0.2) is 0 Å². The Kier molecular flexibility index (Phi) is 3.40. The van der Waals surface area contributed by atoms with Crippen molar-refractivity contribution in [1.82, 2.24) is 20.2 Å². The van der Waals surface area contributed by atoms with Crippen LogP contribution < -0.4 is 5.32 Å². The molecule has 0 amide bonds. The molecule has 0 bridgehead atoms. The molecule has 17 heavy (non-hydrogen) atoms. The van der Waals surface area contributed by atoms with Crippen molar-refractivity contribution in [2.75, 3.05) is 26.2 Å². The molecule has 1 aromatic heterocycles. The first-order valence-electron chi connectivity index (χ1n) is 6.46. The minimum Gasteiger partial charge on any atom is -0.374 e. The van der Waals surface area contributed by atoms with Crippen LogP contribution in [0.4, 0.5) is 0 Å². The van der Waals surface area contributed by atoms with E-state index in [0.717, 1.165) is 44.7 Å². The highest BCUT2D eigenvalue weighted by Crippen LogP contribution is 2.27. The first kappa shape index (κ1) is 11.2. The summed E-state index contributed by atoms with van der Waals surface area (Å²) in [6.45, 7) is 4.76. The van der Waals surface area contributed by atoms with E-state index in [1.807, 2.05) is 6.20 Å². The van der Waals surface area contributed by atoms with Crippen LogP contribution in [0, 0.1) is 0 Å². The summed E-state index contributed by atoms with van der Waals surface area (Å²) in [5.74, 6) is 0.986. The van der Waals surface area contributed by atoms with Gasteiger partial charge in [0.2, 0.25) is 0 Å². The van der Waals surface area contributed by atoms with E-state index in [1.165, 1.54) is 12.8 Å². The zero-order valence-corrected chi connectivity index (χ0v) is 10.1. The molecule has 1 aromatic rings. The van der Waals surface area contributed by atoms with E-state index in [9.17, 15) is 0 Å². The third-order valence-electron chi connectivity index (χ3n) is 3.45. The Morgan fingerprint density at radius 3 is 3.24 bits per heavy atom. The van der Waals surface area contributed by atoms with E-state index in [-0.39, 0.29) is 0 Å². The molecular formula is C12H20N4O. The molecule has 94 valence electrons. The van der Waals surface area contributed by atoms with Crippen molar-refractivity contribution in [3.8, 4) is 0 Å². The van der Waals surface area contributed by atoms with Crippen LogP contribution in [0.25, 0.3) is 0 Å². The Morgan fingerprint density at radius 2 is 2.47 bits per heavy atom. The van der Waals surface area contributed by atoms with Gasteiger partial charge in [0.1, 0.15) is 5.82 Å². The van der Waals surface area contributed by atoms with Crippen LogP contribution in [-0.4, -0.2) is 53.3 Å². The predicted molar refractivity (Wildman–Crippen MR) is 64.6 cm³/mol. The molecule has 5 heteroatoms. The minimum absolute atomic E-state index is 0.333. The van der Waals surface area contributed by atoms with E-state index >= 15 is 0 Å². The standard InChI is InChI=1S/C12H20N4O/c1-2-10(1)16-5-6-17-11(9-16)7-13-8-12-14-3-4-15-12/h3-4,10-11,13H,1-2,5-9H2,(H,14,15)/t11-/m0/s1. The van der Waals surface area contributed by atoms with E-state index in [1.54, 1.807) is 6.20 Å². The monoisotopic (exact) mass is 236 g/mol. The fourth-order valence-electron chi connectivity index (χ4n) is 2.38. The van der Waals surface area contributed by atoms with Crippen LogP contribution >= 0.6 is 0 Å². The summed E-state index contributed by atoms with van der Waals surface area (Å²) >= 11 is 0. The lowest BCUT2D eigenvalue weighted by atomic mass is 10.2. The summed E-state index contributed by atoms with van der Waals surface area (Å²) in [7, 11) is 0. The molecule has 1 saturated heterocycles. The number of nitrogens with zero attached hydrogens (tertiary/aromatic N) is 2. The van der Waals surface area contributed by atoms with E-state index in [0.29, 0.717) is 6.10 Å². The van der Waals surface area contributed by atoms with Crippen molar-refractivity contribution in [2.45, 2.75) is 31.5 Å². The number of hydrogen-bond acceptors (Lipinski definition) is 4. The molecule has 1 aliphatic carbocycles.